The van der Waals surface area contributed by atoms with Gasteiger partial charge >= 0.3 is 5.97 Å². The van der Waals surface area contributed by atoms with Crippen LogP contribution in [0.3, 0.4) is 0 Å². The average molecular weight is 195 g/mol. The van der Waals surface area contributed by atoms with Crippen LogP contribution in [0.2, 0.25) is 0 Å². The molecule has 1 saturated heterocycles. The van der Waals surface area contributed by atoms with Gasteiger partial charge in [-0.1, -0.05) is 5.57 Å². The topological polar surface area (TPSA) is 46.6 Å². The number of hydrogen-bond donors (Lipinski definition) is 0. The quantitative estimate of drug-likeness (QED) is 0.451. The van der Waals surface area contributed by atoms with Gasteiger partial charge in [0.1, 0.15) is 0 Å². The highest BCUT2D eigenvalue weighted by atomic mass is 16.5. The first-order valence-corrected chi connectivity index (χ1v) is 4.70. The molecule has 0 saturated carbocycles. The Morgan fingerprint density at radius 3 is 2.79 bits per heavy atom. The number of hydrogen-bond acceptors (Lipinski definition) is 3. The van der Waals surface area contributed by atoms with E-state index in [0.717, 1.165) is 12.0 Å². The van der Waals surface area contributed by atoms with Crippen LogP contribution in [0.5, 0.6) is 0 Å². The van der Waals surface area contributed by atoms with E-state index in [0.29, 0.717) is 24.6 Å². The molecule has 0 aromatic rings. The largest absolute Gasteiger partial charge is 0.466 e. The highest BCUT2D eigenvalue weighted by Crippen LogP contribution is 2.32. The molecule has 76 valence electrons. The van der Waals surface area contributed by atoms with Gasteiger partial charge in [-0.2, -0.15) is 0 Å². The number of esters is 1. The second-order valence-corrected chi connectivity index (χ2v) is 3.83. The maximum Gasteiger partial charge on any atom is 0.335 e. The summed E-state index contributed by atoms with van der Waals surface area (Å²) in [5.41, 5.74) is 1.71. The number of nitrogens with zero attached hydrogens (tertiary/aromatic N) is 1. The summed E-state index contributed by atoms with van der Waals surface area (Å²) in [6.45, 7) is 2.37. The molecular formula is C10H13NO3. The van der Waals surface area contributed by atoms with Crippen molar-refractivity contribution in [3.8, 4) is 0 Å². The van der Waals surface area contributed by atoms with E-state index in [1.807, 2.05) is 6.92 Å². The molecule has 1 amide bonds. The van der Waals surface area contributed by atoms with Crippen LogP contribution in [0, 0.1) is 0 Å². The minimum absolute atomic E-state index is 0.143. The Bertz CT molecular complexity index is 332. The molecule has 2 rings (SSSR count). The van der Waals surface area contributed by atoms with Crippen LogP contribution in [0.4, 0.5) is 0 Å². The molecule has 4 nitrogen and oxygen atoms in total. The molecule has 1 unspecified atom stereocenters. The highest BCUT2D eigenvalue weighted by molar-refractivity contribution is 5.93. The van der Waals surface area contributed by atoms with Crippen molar-refractivity contribution in [2.45, 2.75) is 25.8 Å². The van der Waals surface area contributed by atoms with Crippen LogP contribution in [-0.4, -0.2) is 36.5 Å². The lowest BCUT2D eigenvalue weighted by molar-refractivity contribution is -0.147. The van der Waals surface area contributed by atoms with Crippen LogP contribution in [0.1, 0.15) is 19.8 Å². The van der Waals surface area contributed by atoms with E-state index in [1.54, 1.807) is 4.90 Å². The minimum atomic E-state index is -0.305. The Morgan fingerprint density at radius 2 is 2.21 bits per heavy atom. The van der Waals surface area contributed by atoms with Crippen LogP contribution >= 0.6 is 0 Å². The summed E-state index contributed by atoms with van der Waals surface area (Å²) in [4.78, 5) is 24.3. The van der Waals surface area contributed by atoms with Gasteiger partial charge in [0.2, 0.25) is 5.91 Å². The van der Waals surface area contributed by atoms with Crippen molar-refractivity contribution in [2.24, 2.45) is 0 Å². The lowest BCUT2D eigenvalue weighted by atomic mass is 9.87. The average Bonchev–Trinajstić information content (AvgIpc) is 2.16. The summed E-state index contributed by atoms with van der Waals surface area (Å²) in [6.07, 6.45) is 1.45. The monoisotopic (exact) mass is 195 g/mol. The molecule has 0 radical (unpaired) electrons. The Hall–Kier alpha value is -1.32. The molecule has 2 heterocycles. The number of carbonyl (C=O) groups excluding carboxylic acids is 2. The third-order valence-electron chi connectivity index (χ3n) is 2.99. The summed E-state index contributed by atoms with van der Waals surface area (Å²) in [5.74, 6) is -0.162. The van der Waals surface area contributed by atoms with Crippen molar-refractivity contribution in [3.63, 3.8) is 0 Å². The normalized spacial score (nSPS) is 25.7. The van der Waals surface area contributed by atoms with Gasteiger partial charge in [0.15, 0.2) is 0 Å². The molecule has 0 aromatic carbocycles. The summed E-state index contributed by atoms with van der Waals surface area (Å²) in [5, 5.41) is 0. The van der Waals surface area contributed by atoms with Crippen LogP contribution in [0.15, 0.2) is 11.1 Å². The highest BCUT2D eigenvalue weighted by Gasteiger charge is 2.40. The zero-order valence-electron chi connectivity index (χ0n) is 8.37. The molecule has 4 heteroatoms. The van der Waals surface area contributed by atoms with Crippen LogP contribution in [0.25, 0.3) is 0 Å². The van der Waals surface area contributed by atoms with E-state index < -0.39 is 0 Å². The number of fused-ring (bicyclic) bond motifs is 1. The third-order valence-corrected chi connectivity index (χ3v) is 2.99. The Kier molecular flexibility index (Phi) is 2.06. The molecule has 14 heavy (non-hydrogen) atoms. The number of β-lactam (4-membered cyclic amide) rings is 1. The first kappa shape index (κ1) is 9.24. The lowest BCUT2D eigenvalue weighted by Crippen LogP contribution is -2.55. The van der Waals surface area contributed by atoms with E-state index in [9.17, 15) is 9.59 Å². The number of ether oxygens (including phenoxy) is 1. The first-order valence-electron chi connectivity index (χ1n) is 4.70. The summed E-state index contributed by atoms with van der Waals surface area (Å²) >= 11 is 0. The molecule has 1 atom stereocenters. The van der Waals surface area contributed by atoms with Gasteiger partial charge < -0.3 is 9.64 Å². The zero-order valence-corrected chi connectivity index (χ0v) is 8.37. The van der Waals surface area contributed by atoms with Crippen molar-refractivity contribution in [2.75, 3.05) is 13.7 Å². The number of carbonyl (C=O) groups is 2. The summed E-state index contributed by atoms with van der Waals surface area (Å²) in [6, 6.07) is 0.330. The fourth-order valence-electron chi connectivity index (χ4n) is 2.06. The van der Waals surface area contributed by atoms with E-state index in [-0.39, 0.29) is 11.9 Å². The maximum absolute atomic E-state index is 11.3. The summed E-state index contributed by atoms with van der Waals surface area (Å²) < 4.78 is 4.67. The standard InChI is InChI=1S/C10H13NO3/c1-6-3-7-4-9(12)11(7)5-8(6)10(13)14-2/h7H,3-5H2,1-2H3. The molecule has 1 fully saturated rings. The van der Waals surface area contributed by atoms with Crippen LogP contribution in [-0.2, 0) is 14.3 Å². The predicted octanol–water partition coefficient (Wildman–Crippen LogP) is 0.480. The van der Waals surface area contributed by atoms with Crippen molar-refractivity contribution in [1.82, 2.24) is 4.90 Å². The van der Waals surface area contributed by atoms with Gasteiger partial charge in [0, 0.05) is 12.5 Å². The molecule has 0 spiro atoms. The second-order valence-electron chi connectivity index (χ2n) is 3.83. The van der Waals surface area contributed by atoms with Gasteiger partial charge in [0.05, 0.1) is 19.2 Å². The van der Waals surface area contributed by atoms with Gasteiger partial charge in [-0.15, -0.1) is 0 Å². The maximum atomic E-state index is 11.3. The molecule has 2 aliphatic heterocycles. The molecule has 0 aromatic heterocycles. The Labute approximate surface area is 82.5 Å². The third kappa shape index (κ3) is 1.22. The van der Waals surface area contributed by atoms with E-state index in [1.165, 1.54) is 7.11 Å². The Morgan fingerprint density at radius 1 is 1.50 bits per heavy atom. The SMILES string of the molecule is COC(=O)C1=C(C)CC2CC(=O)N2C1. The molecule has 0 N–H and O–H groups in total. The Balaban J connectivity index is 2.20. The van der Waals surface area contributed by atoms with E-state index in [4.69, 9.17) is 0 Å². The van der Waals surface area contributed by atoms with E-state index in [2.05, 4.69) is 4.74 Å². The first-order chi connectivity index (χ1) is 6.63. The minimum Gasteiger partial charge on any atom is -0.466 e. The number of rotatable bonds is 1. The zero-order chi connectivity index (χ0) is 10.3. The van der Waals surface area contributed by atoms with Gasteiger partial charge in [0.25, 0.3) is 0 Å². The summed E-state index contributed by atoms with van der Waals surface area (Å²) in [7, 11) is 1.37. The fourth-order valence-corrected chi connectivity index (χ4v) is 2.06. The molecule has 0 aliphatic carbocycles. The second kappa shape index (κ2) is 3.12. The van der Waals surface area contributed by atoms with Crippen molar-refractivity contribution in [1.29, 1.82) is 0 Å². The molecule has 2 aliphatic rings. The van der Waals surface area contributed by atoms with Gasteiger partial charge in [-0.3, -0.25) is 4.79 Å². The van der Waals surface area contributed by atoms with Crippen molar-refractivity contribution >= 4 is 11.9 Å². The predicted molar refractivity (Wildman–Crippen MR) is 49.5 cm³/mol. The molecule has 0 bridgehead atoms. The van der Waals surface area contributed by atoms with E-state index >= 15 is 0 Å². The molecular weight excluding hydrogens is 182 g/mol. The van der Waals surface area contributed by atoms with Crippen molar-refractivity contribution < 1.29 is 14.3 Å². The van der Waals surface area contributed by atoms with Crippen molar-refractivity contribution in [3.05, 3.63) is 11.1 Å². The smallest absolute Gasteiger partial charge is 0.335 e. The lowest BCUT2D eigenvalue weighted by Gasteiger charge is -2.44. The number of methoxy groups -OCH3 is 1. The fraction of sp³-hybridized carbons (Fsp3) is 0.600. The van der Waals surface area contributed by atoms with Gasteiger partial charge in [-0.25, -0.2) is 4.79 Å². The number of amides is 1. The van der Waals surface area contributed by atoms with Gasteiger partial charge in [-0.05, 0) is 13.3 Å². The van der Waals surface area contributed by atoms with Crippen LogP contribution < -0.4 is 0 Å².